The topological polar surface area (TPSA) is 69.7 Å². The summed E-state index contributed by atoms with van der Waals surface area (Å²) in [6, 6.07) is 0. The van der Waals surface area contributed by atoms with Crippen LogP contribution in [0.1, 0.15) is 39.5 Å². The lowest BCUT2D eigenvalue weighted by Crippen LogP contribution is -2.25. The third-order valence-corrected chi connectivity index (χ3v) is 5.45. The SMILES string of the molecule is COC(=O)CC1(CS(=O)(=O)CCOCCC(C)C)CC1. The molecule has 0 amide bonds. The maximum Gasteiger partial charge on any atom is 0.306 e. The lowest BCUT2D eigenvalue weighted by Gasteiger charge is -2.14. The summed E-state index contributed by atoms with van der Waals surface area (Å²) in [5.41, 5.74) is -0.371. The molecule has 1 saturated carbocycles. The van der Waals surface area contributed by atoms with Crippen molar-refractivity contribution in [3.8, 4) is 0 Å². The minimum absolute atomic E-state index is 0.0357. The van der Waals surface area contributed by atoms with E-state index < -0.39 is 9.84 Å². The fourth-order valence-corrected chi connectivity index (χ4v) is 3.91. The number of carbonyl (C=O) groups is 1. The summed E-state index contributed by atoms with van der Waals surface area (Å²) in [5.74, 6) is 0.337. The molecule has 1 aliphatic carbocycles. The molecule has 6 heteroatoms. The molecule has 1 fully saturated rings. The zero-order valence-electron chi connectivity index (χ0n) is 12.7. The Morgan fingerprint density at radius 3 is 2.40 bits per heavy atom. The molecular formula is C14H26O5S. The lowest BCUT2D eigenvalue weighted by atomic mass is 10.1. The van der Waals surface area contributed by atoms with Crippen molar-refractivity contribution in [2.24, 2.45) is 11.3 Å². The summed E-state index contributed by atoms with van der Waals surface area (Å²) in [7, 11) is -1.84. The third kappa shape index (κ3) is 6.70. The maximum absolute atomic E-state index is 12.0. The molecule has 1 aliphatic rings. The molecule has 0 N–H and O–H groups in total. The van der Waals surface area contributed by atoms with E-state index in [0.717, 1.165) is 19.3 Å². The van der Waals surface area contributed by atoms with E-state index in [9.17, 15) is 13.2 Å². The van der Waals surface area contributed by atoms with Crippen LogP contribution in [-0.2, 0) is 24.1 Å². The molecule has 0 atom stereocenters. The van der Waals surface area contributed by atoms with Crippen LogP contribution in [0.4, 0.5) is 0 Å². The van der Waals surface area contributed by atoms with E-state index in [1.807, 2.05) is 0 Å². The fraction of sp³-hybridized carbons (Fsp3) is 0.929. The molecule has 0 heterocycles. The minimum Gasteiger partial charge on any atom is -0.469 e. The molecule has 0 saturated heterocycles. The minimum atomic E-state index is -3.16. The van der Waals surface area contributed by atoms with Crippen LogP contribution in [0.3, 0.4) is 0 Å². The Morgan fingerprint density at radius 2 is 1.90 bits per heavy atom. The number of ether oxygens (including phenoxy) is 2. The van der Waals surface area contributed by atoms with Crippen LogP contribution in [0.2, 0.25) is 0 Å². The van der Waals surface area contributed by atoms with Gasteiger partial charge in [-0.1, -0.05) is 13.8 Å². The fourth-order valence-electron chi connectivity index (χ4n) is 2.07. The predicted octanol–water partition coefficient (Wildman–Crippen LogP) is 1.81. The highest BCUT2D eigenvalue weighted by molar-refractivity contribution is 7.91. The number of rotatable bonds is 10. The zero-order valence-corrected chi connectivity index (χ0v) is 13.5. The monoisotopic (exact) mass is 306 g/mol. The van der Waals surface area contributed by atoms with Crippen molar-refractivity contribution in [1.82, 2.24) is 0 Å². The van der Waals surface area contributed by atoms with Gasteiger partial charge in [0.2, 0.25) is 0 Å². The van der Waals surface area contributed by atoms with Gasteiger partial charge in [0.25, 0.3) is 0 Å². The Balaban J connectivity index is 2.29. The highest BCUT2D eigenvalue weighted by Crippen LogP contribution is 2.50. The molecule has 0 aromatic carbocycles. The van der Waals surface area contributed by atoms with Crippen LogP contribution in [-0.4, -0.2) is 46.2 Å². The third-order valence-electron chi connectivity index (χ3n) is 3.61. The molecule has 0 unspecified atom stereocenters. The second-order valence-corrected chi connectivity index (χ2v) is 8.32. The van der Waals surface area contributed by atoms with E-state index in [-0.39, 0.29) is 35.9 Å². The molecule has 0 bridgehead atoms. The Kier molecular flexibility index (Phi) is 6.45. The first kappa shape index (κ1) is 17.4. The summed E-state index contributed by atoms with van der Waals surface area (Å²) < 4.78 is 34.0. The van der Waals surface area contributed by atoms with Gasteiger partial charge < -0.3 is 9.47 Å². The van der Waals surface area contributed by atoms with Crippen molar-refractivity contribution in [1.29, 1.82) is 0 Å². The Hall–Kier alpha value is -0.620. The standard InChI is InChI=1S/C14H26O5S/c1-12(2)4-7-19-8-9-20(16,17)11-14(5-6-14)10-13(15)18-3/h12H,4-11H2,1-3H3. The first-order valence-electron chi connectivity index (χ1n) is 7.14. The van der Waals surface area contributed by atoms with Crippen LogP contribution in [0, 0.1) is 11.3 Å². The number of sulfone groups is 1. The van der Waals surface area contributed by atoms with Gasteiger partial charge in [-0.15, -0.1) is 0 Å². The molecule has 0 radical (unpaired) electrons. The molecule has 20 heavy (non-hydrogen) atoms. The molecule has 5 nitrogen and oxygen atoms in total. The van der Waals surface area contributed by atoms with Gasteiger partial charge in [-0.2, -0.15) is 0 Å². The van der Waals surface area contributed by atoms with Crippen LogP contribution in [0.25, 0.3) is 0 Å². The van der Waals surface area contributed by atoms with E-state index in [2.05, 4.69) is 18.6 Å². The summed E-state index contributed by atoms with van der Waals surface area (Å²) in [6.07, 6.45) is 2.72. The molecular weight excluding hydrogens is 280 g/mol. The van der Waals surface area contributed by atoms with Gasteiger partial charge in [0.15, 0.2) is 9.84 Å². The molecule has 1 rings (SSSR count). The zero-order chi connectivity index (χ0) is 15.2. The second kappa shape index (κ2) is 7.41. The highest BCUT2D eigenvalue weighted by Gasteiger charge is 2.47. The average molecular weight is 306 g/mol. The maximum atomic E-state index is 12.0. The lowest BCUT2D eigenvalue weighted by molar-refractivity contribution is -0.141. The van der Waals surface area contributed by atoms with Crippen molar-refractivity contribution in [2.45, 2.75) is 39.5 Å². The van der Waals surface area contributed by atoms with E-state index in [1.54, 1.807) is 0 Å². The van der Waals surface area contributed by atoms with Crippen molar-refractivity contribution in [3.63, 3.8) is 0 Å². The molecule has 0 aromatic rings. The summed E-state index contributed by atoms with van der Waals surface area (Å²) in [6.45, 7) is 5.04. The first-order valence-corrected chi connectivity index (χ1v) is 8.96. The van der Waals surface area contributed by atoms with E-state index >= 15 is 0 Å². The van der Waals surface area contributed by atoms with Gasteiger partial charge in [-0.25, -0.2) is 8.42 Å². The summed E-state index contributed by atoms with van der Waals surface area (Å²) >= 11 is 0. The Labute approximate surface area is 121 Å². The quantitative estimate of drug-likeness (QED) is 0.455. The first-order chi connectivity index (χ1) is 9.29. The molecule has 0 aromatic heterocycles. The van der Waals surface area contributed by atoms with Gasteiger partial charge in [0, 0.05) is 6.61 Å². The summed E-state index contributed by atoms with van der Waals surface area (Å²) in [5, 5.41) is 0. The number of hydrogen-bond donors (Lipinski definition) is 0. The Morgan fingerprint density at radius 1 is 1.25 bits per heavy atom. The second-order valence-electron chi connectivity index (χ2n) is 6.14. The predicted molar refractivity (Wildman–Crippen MR) is 77.2 cm³/mol. The smallest absolute Gasteiger partial charge is 0.306 e. The number of carbonyl (C=O) groups excluding carboxylic acids is 1. The van der Waals surface area contributed by atoms with Crippen LogP contribution >= 0.6 is 0 Å². The molecule has 0 spiro atoms. The molecule has 0 aliphatic heterocycles. The normalized spacial score (nSPS) is 17.2. The summed E-state index contributed by atoms with van der Waals surface area (Å²) in [4.78, 5) is 11.3. The Bertz CT molecular complexity index is 409. The van der Waals surface area contributed by atoms with Gasteiger partial charge >= 0.3 is 5.97 Å². The van der Waals surface area contributed by atoms with Gasteiger partial charge in [0.05, 0.1) is 31.6 Å². The van der Waals surface area contributed by atoms with Crippen LogP contribution in [0.15, 0.2) is 0 Å². The van der Waals surface area contributed by atoms with E-state index in [1.165, 1.54) is 7.11 Å². The highest BCUT2D eigenvalue weighted by atomic mass is 32.2. The van der Waals surface area contributed by atoms with Crippen LogP contribution < -0.4 is 0 Å². The van der Waals surface area contributed by atoms with E-state index in [0.29, 0.717) is 12.5 Å². The number of hydrogen-bond acceptors (Lipinski definition) is 5. The van der Waals surface area contributed by atoms with Gasteiger partial charge in [0.1, 0.15) is 0 Å². The van der Waals surface area contributed by atoms with Crippen LogP contribution in [0.5, 0.6) is 0 Å². The van der Waals surface area contributed by atoms with Crippen molar-refractivity contribution in [3.05, 3.63) is 0 Å². The largest absolute Gasteiger partial charge is 0.469 e. The van der Waals surface area contributed by atoms with E-state index in [4.69, 9.17) is 4.74 Å². The van der Waals surface area contributed by atoms with Gasteiger partial charge in [-0.05, 0) is 30.6 Å². The van der Waals surface area contributed by atoms with Gasteiger partial charge in [-0.3, -0.25) is 4.79 Å². The number of esters is 1. The van der Waals surface area contributed by atoms with Crippen molar-refractivity contribution < 1.29 is 22.7 Å². The van der Waals surface area contributed by atoms with Crippen molar-refractivity contribution in [2.75, 3.05) is 31.8 Å². The average Bonchev–Trinajstić information content (AvgIpc) is 3.06. The van der Waals surface area contributed by atoms with Crippen molar-refractivity contribution >= 4 is 15.8 Å². The number of methoxy groups -OCH3 is 1. The molecule has 118 valence electrons.